The third-order valence-electron chi connectivity index (χ3n) is 3.32. The summed E-state index contributed by atoms with van der Waals surface area (Å²) in [6.07, 6.45) is 5.03. The monoisotopic (exact) mass is 258 g/mol. The molecule has 2 fully saturated rings. The molecule has 1 aliphatic heterocycles. The largest absolute Gasteiger partial charge is 0.352 e. The predicted octanol–water partition coefficient (Wildman–Crippen LogP) is 1.27. The zero-order valence-electron chi connectivity index (χ0n) is 9.95. The molecule has 1 heterocycles. The summed E-state index contributed by atoms with van der Waals surface area (Å²) in [6, 6.07) is 0.126. The maximum Gasteiger partial charge on any atom is 0.243 e. The second-order valence-electron chi connectivity index (χ2n) is 4.82. The van der Waals surface area contributed by atoms with Crippen LogP contribution in [0.4, 0.5) is 0 Å². The van der Waals surface area contributed by atoms with Crippen molar-refractivity contribution >= 4 is 23.4 Å². The number of hydrogen-bond donors (Lipinski definition) is 1. The third kappa shape index (κ3) is 3.35. The Hall–Kier alpha value is -0.770. The summed E-state index contributed by atoms with van der Waals surface area (Å²) in [6.45, 7) is 0.712. The molecular formula is C12H19ClN2O2. The second-order valence-corrected chi connectivity index (χ2v) is 5.20. The van der Waals surface area contributed by atoms with Crippen LogP contribution >= 0.6 is 11.6 Å². The van der Waals surface area contributed by atoms with E-state index in [2.05, 4.69) is 5.32 Å². The molecule has 1 atom stereocenters. The average molecular weight is 259 g/mol. The number of likely N-dealkylation sites (tertiary alicyclic amines) is 1. The highest BCUT2D eigenvalue weighted by Gasteiger charge is 2.35. The van der Waals surface area contributed by atoms with Gasteiger partial charge in [0.25, 0.3) is 0 Å². The molecule has 4 nitrogen and oxygen atoms in total. The van der Waals surface area contributed by atoms with Gasteiger partial charge in [0.2, 0.25) is 11.8 Å². The van der Waals surface area contributed by atoms with Gasteiger partial charge in [-0.25, -0.2) is 0 Å². The molecule has 96 valence electrons. The predicted molar refractivity (Wildman–Crippen MR) is 65.9 cm³/mol. The molecule has 2 amide bonds. The molecule has 0 aromatic heterocycles. The van der Waals surface area contributed by atoms with Crippen LogP contribution in [0.5, 0.6) is 0 Å². The first kappa shape index (κ1) is 12.7. The van der Waals surface area contributed by atoms with Gasteiger partial charge in [0.05, 0.1) is 0 Å². The van der Waals surface area contributed by atoms with Crippen LogP contribution in [-0.4, -0.2) is 41.2 Å². The molecule has 0 aromatic carbocycles. The number of amides is 2. The van der Waals surface area contributed by atoms with Gasteiger partial charge in [-0.1, -0.05) is 0 Å². The number of carbonyl (C=O) groups excluding carboxylic acids is 2. The van der Waals surface area contributed by atoms with Crippen LogP contribution in [0.15, 0.2) is 0 Å². The molecule has 17 heavy (non-hydrogen) atoms. The highest BCUT2D eigenvalue weighted by Crippen LogP contribution is 2.23. The van der Waals surface area contributed by atoms with E-state index in [0.717, 1.165) is 25.7 Å². The van der Waals surface area contributed by atoms with Crippen molar-refractivity contribution in [2.45, 2.75) is 50.6 Å². The van der Waals surface area contributed by atoms with Crippen molar-refractivity contribution in [2.75, 3.05) is 12.4 Å². The average Bonchev–Trinajstić information content (AvgIpc) is 2.98. The van der Waals surface area contributed by atoms with Gasteiger partial charge in [-0.2, -0.15) is 0 Å². The van der Waals surface area contributed by atoms with Gasteiger partial charge < -0.3 is 10.2 Å². The van der Waals surface area contributed by atoms with Crippen molar-refractivity contribution in [3.05, 3.63) is 0 Å². The van der Waals surface area contributed by atoms with Gasteiger partial charge in [-0.3, -0.25) is 9.59 Å². The van der Waals surface area contributed by atoms with E-state index in [1.807, 2.05) is 0 Å². The summed E-state index contributed by atoms with van der Waals surface area (Å²) in [5.41, 5.74) is 0. The summed E-state index contributed by atoms with van der Waals surface area (Å²) in [4.78, 5) is 25.6. The van der Waals surface area contributed by atoms with Gasteiger partial charge in [0.15, 0.2) is 0 Å². The lowest BCUT2D eigenvalue weighted by molar-refractivity contribution is -0.138. The summed E-state index contributed by atoms with van der Waals surface area (Å²) >= 11 is 5.58. The molecule has 2 rings (SSSR count). The Balaban J connectivity index is 1.86. The summed E-state index contributed by atoms with van der Waals surface area (Å²) in [5, 5.41) is 2.98. The number of nitrogens with one attached hydrogen (secondary N) is 1. The molecule has 1 N–H and O–H groups in total. The lowest BCUT2D eigenvalue weighted by Crippen LogP contribution is -2.46. The lowest BCUT2D eigenvalue weighted by Gasteiger charge is -2.23. The Morgan fingerprint density at radius 2 is 2.06 bits per heavy atom. The zero-order valence-corrected chi connectivity index (χ0v) is 10.7. The smallest absolute Gasteiger partial charge is 0.243 e. The molecule has 1 aliphatic carbocycles. The summed E-state index contributed by atoms with van der Waals surface area (Å²) in [5.74, 6) is 0.599. The van der Waals surface area contributed by atoms with Crippen LogP contribution in [0.2, 0.25) is 0 Å². The number of hydrogen-bond acceptors (Lipinski definition) is 2. The molecule has 1 saturated heterocycles. The van der Waals surface area contributed by atoms with Gasteiger partial charge in [0.1, 0.15) is 6.04 Å². The molecule has 1 unspecified atom stereocenters. The Morgan fingerprint density at radius 1 is 1.29 bits per heavy atom. The molecular weight excluding hydrogens is 240 g/mol. The standard InChI is InChI=1S/C12H19ClN2O2/c13-7-1-4-11(16)15-8-2-3-10(15)12(17)14-9-5-6-9/h9-10H,1-8H2,(H,14,17). The fraction of sp³-hybridized carbons (Fsp3) is 0.833. The Kier molecular flexibility index (Phi) is 4.26. The second kappa shape index (κ2) is 5.71. The van der Waals surface area contributed by atoms with Gasteiger partial charge in [-0.15, -0.1) is 11.6 Å². The van der Waals surface area contributed by atoms with Crippen LogP contribution in [0, 0.1) is 0 Å². The maximum absolute atomic E-state index is 12.0. The summed E-state index contributed by atoms with van der Waals surface area (Å²) < 4.78 is 0. The zero-order chi connectivity index (χ0) is 12.3. The minimum Gasteiger partial charge on any atom is -0.352 e. The number of alkyl halides is 1. The first-order chi connectivity index (χ1) is 8.22. The third-order valence-corrected chi connectivity index (χ3v) is 3.59. The van der Waals surface area contributed by atoms with Crippen LogP contribution in [0.25, 0.3) is 0 Å². The minimum absolute atomic E-state index is 0.0317. The fourth-order valence-corrected chi connectivity index (χ4v) is 2.36. The summed E-state index contributed by atoms with van der Waals surface area (Å²) in [7, 11) is 0. The Labute approximate surface area is 107 Å². The molecule has 0 spiro atoms. The highest BCUT2D eigenvalue weighted by molar-refractivity contribution is 6.17. The van der Waals surface area contributed by atoms with Crippen LogP contribution in [-0.2, 0) is 9.59 Å². The highest BCUT2D eigenvalue weighted by atomic mass is 35.5. The van der Waals surface area contributed by atoms with E-state index >= 15 is 0 Å². The van der Waals surface area contributed by atoms with Crippen molar-refractivity contribution in [2.24, 2.45) is 0 Å². The van der Waals surface area contributed by atoms with Crippen molar-refractivity contribution in [1.82, 2.24) is 10.2 Å². The van der Waals surface area contributed by atoms with Crippen LogP contribution < -0.4 is 5.32 Å². The van der Waals surface area contributed by atoms with E-state index in [0.29, 0.717) is 31.3 Å². The molecule has 0 aromatic rings. The van der Waals surface area contributed by atoms with Crippen molar-refractivity contribution < 1.29 is 9.59 Å². The Bertz CT molecular complexity index is 305. The quantitative estimate of drug-likeness (QED) is 0.755. The van der Waals surface area contributed by atoms with Crippen molar-refractivity contribution in [3.8, 4) is 0 Å². The molecule has 0 radical (unpaired) electrons. The first-order valence-electron chi connectivity index (χ1n) is 6.38. The molecule has 0 bridgehead atoms. The first-order valence-corrected chi connectivity index (χ1v) is 6.91. The van der Waals surface area contributed by atoms with Crippen LogP contribution in [0.3, 0.4) is 0 Å². The number of carbonyl (C=O) groups is 2. The normalized spacial score (nSPS) is 23.8. The lowest BCUT2D eigenvalue weighted by atomic mass is 10.2. The van der Waals surface area contributed by atoms with E-state index in [1.54, 1.807) is 4.90 Å². The van der Waals surface area contributed by atoms with E-state index in [1.165, 1.54) is 0 Å². The molecule has 5 heteroatoms. The van der Waals surface area contributed by atoms with Crippen molar-refractivity contribution in [1.29, 1.82) is 0 Å². The van der Waals surface area contributed by atoms with E-state index in [4.69, 9.17) is 11.6 Å². The molecule has 2 aliphatic rings. The van der Waals surface area contributed by atoms with E-state index in [9.17, 15) is 9.59 Å². The van der Waals surface area contributed by atoms with Gasteiger partial charge in [0, 0.05) is 24.9 Å². The van der Waals surface area contributed by atoms with Crippen LogP contribution in [0.1, 0.15) is 38.5 Å². The van der Waals surface area contributed by atoms with E-state index < -0.39 is 0 Å². The molecule has 1 saturated carbocycles. The van der Waals surface area contributed by atoms with E-state index in [-0.39, 0.29) is 17.9 Å². The fourth-order valence-electron chi connectivity index (χ4n) is 2.22. The number of rotatable bonds is 5. The number of nitrogens with zero attached hydrogens (tertiary/aromatic N) is 1. The maximum atomic E-state index is 12.0. The topological polar surface area (TPSA) is 49.4 Å². The number of halogens is 1. The van der Waals surface area contributed by atoms with Gasteiger partial charge >= 0.3 is 0 Å². The SMILES string of the molecule is O=C(NC1CC1)C1CCCN1C(=O)CCCCl. The van der Waals surface area contributed by atoms with Gasteiger partial charge in [-0.05, 0) is 32.1 Å². The Morgan fingerprint density at radius 3 is 2.71 bits per heavy atom. The van der Waals surface area contributed by atoms with Crippen molar-refractivity contribution in [3.63, 3.8) is 0 Å². The minimum atomic E-state index is -0.238.